The lowest BCUT2D eigenvalue weighted by Gasteiger charge is -2.33. The molecule has 8 heteroatoms. The molecular formula is C15H17F2N5O. The van der Waals surface area contributed by atoms with Crippen molar-refractivity contribution in [1.29, 1.82) is 5.41 Å². The Morgan fingerprint density at radius 1 is 1.30 bits per heavy atom. The summed E-state index contributed by atoms with van der Waals surface area (Å²) in [5.41, 5.74) is 5.46. The highest BCUT2D eigenvalue weighted by molar-refractivity contribution is 6.17. The van der Waals surface area contributed by atoms with Crippen molar-refractivity contribution in [2.24, 2.45) is 10.7 Å². The summed E-state index contributed by atoms with van der Waals surface area (Å²) in [6.45, 7) is 1.13. The number of hydrogen-bond acceptors (Lipinski definition) is 5. The van der Waals surface area contributed by atoms with Gasteiger partial charge in [-0.3, -0.25) is 10.3 Å². The van der Waals surface area contributed by atoms with E-state index in [0.29, 0.717) is 26.1 Å². The number of aliphatic imine (C=N–C) groups is 1. The quantitative estimate of drug-likeness (QED) is 0.777. The first kappa shape index (κ1) is 15.4. The standard InChI is InChI=1S/C15H17F2N5O/c16-10-2-1-3-11(17)13(10)21-15-20-12(8-18)14(19)22(15)9-4-6-23-7-5-9/h1-3,8-9,19H,4-7,18H2,(H,20,21)/b12-8+,19-14?. The molecule has 0 unspecified atom stereocenters. The van der Waals surface area contributed by atoms with Gasteiger partial charge in [0.25, 0.3) is 0 Å². The van der Waals surface area contributed by atoms with Crippen LogP contribution >= 0.6 is 0 Å². The van der Waals surface area contributed by atoms with Crippen molar-refractivity contribution in [2.45, 2.75) is 18.9 Å². The lowest BCUT2D eigenvalue weighted by Crippen LogP contribution is -2.46. The summed E-state index contributed by atoms with van der Waals surface area (Å²) < 4.78 is 33.0. The molecule has 0 bridgehead atoms. The van der Waals surface area contributed by atoms with E-state index in [0.717, 1.165) is 12.1 Å². The van der Waals surface area contributed by atoms with Crippen LogP contribution in [0.5, 0.6) is 0 Å². The van der Waals surface area contributed by atoms with Crippen LogP contribution < -0.4 is 11.1 Å². The number of halogens is 2. The summed E-state index contributed by atoms with van der Waals surface area (Å²) in [4.78, 5) is 5.81. The third-order valence-electron chi connectivity index (χ3n) is 3.85. The van der Waals surface area contributed by atoms with Crippen LogP contribution in [0.1, 0.15) is 12.8 Å². The fourth-order valence-electron chi connectivity index (χ4n) is 2.68. The van der Waals surface area contributed by atoms with Crippen LogP contribution in [0.4, 0.5) is 14.5 Å². The number of anilines is 1. The Morgan fingerprint density at radius 2 is 1.96 bits per heavy atom. The number of benzene rings is 1. The summed E-state index contributed by atoms with van der Waals surface area (Å²) in [7, 11) is 0. The molecule has 1 fully saturated rings. The minimum Gasteiger partial charge on any atom is -0.403 e. The van der Waals surface area contributed by atoms with E-state index in [1.54, 1.807) is 4.90 Å². The van der Waals surface area contributed by atoms with E-state index in [2.05, 4.69) is 10.3 Å². The molecule has 1 aromatic carbocycles. The van der Waals surface area contributed by atoms with Gasteiger partial charge in [-0.2, -0.15) is 0 Å². The van der Waals surface area contributed by atoms with Gasteiger partial charge in [-0.15, -0.1) is 0 Å². The second-order valence-corrected chi connectivity index (χ2v) is 5.27. The van der Waals surface area contributed by atoms with Crippen LogP contribution in [-0.2, 0) is 4.74 Å². The molecule has 6 nitrogen and oxygen atoms in total. The largest absolute Gasteiger partial charge is 0.403 e. The van der Waals surface area contributed by atoms with Gasteiger partial charge in [-0.1, -0.05) is 6.07 Å². The highest BCUT2D eigenvalue weighted by Crippen LogP contribution is 2.26. The Labute approximate surface area is 132 Å². The van der Waals surface area contributed by atoms with E-state index < -0.39 is 11.6 Å². The van der Waals surface area contributed by atoms with E-state index >= 15 is 0 Å². The third kappa shape index (κ3) is 2.89. The molecule has 2 heterocycles. The smallest absolute Gasteiger partial charge is 0.210 e. The highest BCUT2D eigenvalue weighted by atomic mass is 19.1. The van der Waals surface area contributed by atoms with Gasteiger partial charge in [0.2, 0.25) is 5.96 Å². The average molecular weight is 321 g/mol. The maximum absolute atomic E-state index is 13.9. The molecule has 0 atom stereocenters. The van der Waals surface area contributed by atoms with Gasteiger partial charge in [0.15, 0.2) is 5.84 Å². The van der Waals surface area contributed by atoms with Crippen LogP contribution in [-0.4, -0.2) is 36.0 Å². The number of ether oxygens (including phenoxy) is 1. The number of nitrogens with one attached hydrogen (secondary N) is 2. The van der Waals surface area contributed by atoms with Crippen LogP contribution in [0.25, 0.3) is 0 Å². The maximum atomic E-state index is 13.9. The number of amidine groups is 1. The fourth-order valence-corrected chi connectivity index (χ4v) is 2.68. The second-order valence-electron chi connectivity index (χ2n) is 5.27. The van der Waals surface area contributed by atoms with Crippen molar-refractivity contribution in [1.82, 2.24) is 4.90 Å². The molecule has 3 rings (SSSR count). The van der Waals surface area contributed by atoms with Crippen molar-refractivity contribution in [3.63, 3.8) is 0 Å². The van der Waals surface area contributed by atoms with Gasteiger partial charge in [-0.25, -0.2) is 13.8 Å². The van der Waals surface area contributed by atoms with Crippen molar-refractivity contribution in [3.8, 4) is 0 Å². The Hall–Kier alpha value is -2.48. The SMILES string of the molecule is N=C1/C(=C\N)N=C(Nc2c(F)cccc2F)N1C1CCOCC1. The van der Waals surface area contributed by atoms with Gasteiger partial charge >= 0.3 is 0 Å². The van der Waals surface area contributed by atoms with E-state index in [1.807, 2.05) is 0 Å². The molecule has 1 saturated heterocycles. The molecular weight excluding hydrogens is 304 g/mol. The Kier molecular flexibility index (Phi) is 4.24. The molecule has 0 radical (unpaired) electrons. The maximum Gasteiger partial charge on any atom is 0.210 e. The summed E-state index contributed by atoms with van der Waals surface area (Å²) in [6.07, 6.45) is 2.60. The number of rotatable bonds is 2. The molecule has 0 aromatic heterocycles. The van der Waals surface area contributed by atoms with Crippen LogP contribution in [0.3, 0.4) is 0 Å². The minimum absolute atomic E-state index is 0.0326. The monoisotopic (exact) mass is 321 g/mol. The molecule has 2 aliphatic heterocycles. The van der Waals surface area contributed by atoms with Crippen LogP contribution in [0.2, 0.25) is 0 Å². The van der Waals surface area contributed by atoms with Gasteiger partial charge in [0.1, 0.15) is 23.0 Å². The molecule has 2 aliphatic rings. The van der Waals surface area contributed by atoms with Gasteiger partial charge in [0, 0.05) is 25.5 Å². The fraction of sp³-hybridized carbons (Fsp3) is 0.333. The first-order valence-corrected chi connectivity index (χ1v) is 7.29. The minimum atomic E-state index is -0.726. The summed E-state index contributed by atoms with van der Waals surface area (Å²) in [6, 6.07) is 3.57. The zero-order valence-corrected chi connectivity index (χ0v) is 12.4. The lowest BCUT2D eigenvalue weighted by atomic mass is 10.1. The second kappa shape index (κ2) is 6.33. The lowest BCUT2D eigenvalue weighted by molar-refractivity contribution is 0.0680. The third-order valence-corrected chi connectivity index (χ3v) is 3.85. The van der Waals surface area contributed by atoms with E-state index in [9.17, 15) is 8.78 Å². The Morgan fingerprint density at radius 3 is 2.57 bits per heavy atom. The molecule has 4 N–H and O–H groups in total. The number of para-hydroxylation sites is 1. The first-order chi connectivity index (χ1) is 11.1. The zero-order valence-electron chi connectivity index (χ0n) is 12.4. The molecule has 0 spiro atoms. The molecule has 122 valence electrons. The summed E-state index contributed by atoms with van der Waals surface area (Å²) >= 11 is 0. The molecule has 1 aromatic rings. The number of nitrogens with zero attached hydrogens (tertiary/aromatic N) is 2. The molecule has 0 amide bonds. The molecule has 23 heavy (non-hydrogen) atoms. The molecule has 0 aliphatic carbocycles. The van der Waals surface area contributed by atoms with Crippen molar-refractivity contribution in [2.75, 3.05) is 18.5 Å². The van der Waals surface area contributed by atoms with Crippen LogP contribution in [0, 0.1) is 17.0 Å². The normalized spacial score (nSPS) is 21.0. The van der Waals surface area contributed by atoms with Crippen molar-refractivity contribution in [3.05, 3.63) is 41.7 Å². The highest BCUT2D eigenvalue weighted by Gasteiger charge is 2.34. The van der Waals surface area contributed by atoms with Gasteiger partial charge < -0.3 is 15.8 Å². The van der Waals surface area contributed by atoms with E-state index in [-0.39, 0.29) is 29.2 Å². The number of hydrogen-bond donors (Lipinski definition) is 3. The predicted octanol–water partition coefficient (Wildman–Crippen LogP) is 2.00. The van der Waals surface area contributed by atoms with Crippen molar-refractivity contribution >= 4 is 17.5 Å². The average Bonchev–Trinajstić information content (AvgIpc) is 2.87. The predicted molar refractivity (Wildman–Crippen MR) is 83.1 cm³/mol. The topological polar surface area (TPSA) is 86.7 Å². The van der Waals surface area contributed by atoms with Crippen LogP contribution in [0.15, 0.2) is 35.1 Å². The first-order valence-electron chi connectivity index (χ1n) is 7.29. The van der Waals surface area contributed by atoms with Gasteiger partial charge in [-0.05, 0) is 25.0 Å². The summed E-state index contributed by atoms with van der Waals surface area (Å²) in [5, 5.41) is 10.9. The molecule has 0 saturated carbocycles. The summed E-state index contributed by atoms with van der Waals surface area (Å²) in [5.74, 6) is -1.14. The Bertz CT molecular complexity index is 662. The van der Waals surface area contributed by atoms with Gasteiger partial charge in [0.05, 0.1) is 0 Å². The number of nitrogens with two attached hydrogens (primary N) is 1. The number of guanidine groups is 1. The van der Waals surface area contributed by atoms with E-state index in [1.165, 1.54) is 12.3 Å². The van der Waals surface area contributed by atoms with Crippen molar-refractivity contribution < 1.29 is 13.5 Å². The van der Waals surface area contributed by atoms with E-state index in [4.69, 9.17) is 15.9 Å². The zero-order chi connectivity index (χ0) is 16.4. The Balaban J connectivity index is 1.92.